The zero-order chi connectivity index (χ0) is 15.6. The Morgan fingerprint density at radius 3 is 3.09 bits per heavy atom. The van der Waals surface area contributed by atoms with Crippen molar-refractivity contribution < 1.29 is 9.53 Å². The minimum Gasteiger partial charge on any atom is -0.377 e. The van der Waals surface area contributed by atoms with E-state index < -0.39 is 0 Å². The normalized spacial score (nSPS) is 31.0. The van der Waals surface area contributed by atoms with Gasteiger partial charge in [0.1, 0.15) is 0 Å². The Labute approximate surface area is 142 Å². The molecule has 3 atom stereocenters. The molecule has 126 valence electrons. The monoisotopic (exact) mass is 334 g/mol. The van der Waals surface area contributed by atoms with Crippen molar-refractivity contribution in [1.29, 1.82) is 0 Å². The molecule has 0 radical (unpaired) electrons. The molecule has 2 saturated heterocycles. The van der Waals surface area contributed by atoms with Crippen molar-refractivity contribution in [2.75, 3.05) is 26.2 Å². The highest BCUT2D eigenvalue weighted by Gasteiger charge is 2.43. The molecule has 5 heteroatoms. The maximum Gasteiger partial charge on any atom is 0.224 e. The van der Waals surface area contributed by atoms with Crippen LogP contribution in [0.1, 0.15) is 30.6 Å². The standard InChI is InChI=1S/C18H26N2O2S/c21-18(19-7-5-15-2-1-9-23-15)14-10-17-16(6-8-22-17)20(12-14)11-13-3-4-13/h1-2,9,13-14,16-17H,3-8,10-12H2,(H,19,21)/t14-,16-,17-/m0/s1. The lowest BCUT2D eigenvalue weighted by molar-refractivity contribution is -0.129. The minimum atomic E-state index is 0.0939. The molecule has 1 N–H and O–H groups in total. The number of thiophene rings is 1. The summed E-state index contributed by atoms with van der Waals surface area (Å²) in [7, 11) is 0. The highest BCUT2D eigenvalue weighted by molar-refractivity contribution is 7.09. The first-order valence-corrected chi connectivity index (χ1v) is 9.83. The van der Waals surface area contributed by atoms with Crippen molar-refractivity contribution in [1.82, 2.24) is 10.2 Å². The van der Waals surface area contributed by atoms with Crippen LogP contribution in [-0.4, -0.2) is 49.2 Å². The highest BCUT2D eigenvalue weighted by Crippen LogP contribution is 2.36. The van der Waals surface area contributed by atoms with Crippen LogP contribution in [0.3, 0.4) is 0 Å². The van der Waals surface area contributed by atoms with Crippen molar-refractivity contribution in [3.8, 4) is 0 Å². The molecule has 3 heterocycles. The van der Waals surface area contributed by atoms with Crippen LogP contribution in [0.2, 0.25) is 0 Å². The predicted molar refractivity (Wildman–Crippen MR) is 91.6 cm³/mol. The van der Waals surface area contributed by atoms with Crippen LogP contribution in [-0.2, 0) is 16.0 Å². The van der Waals surface area contributed by atoms with Crippen LogP contribution in [0.25, 0.3) is 0 Å². The number of nitrogens with one attached hydrogen (secondary N) is 1. The van der Waals surface area contributed by atoms with E-state index in [0.29, 0.717) is 6.04 Å². The fourth-order valence-electron chi connectivity index (χ4n) is 3.99. The molecular weight excluding hydrogens is 308 g/mol. The molecule has 2 aliphatic heterocycles. The van der Waals surface area contributed by atoms with E-state index in [2.05, 4.69) is 27.7 Å². The van der Waals surface area contributed by atoms with Gasteiger partial charge in [0.15, 0.2) is 0 Å². The summed E-state index contributed by atoms with van der Waals surface area (Å²) in [5, 5.41) is 5.23. The first-order chi connectivity index (χ1) is 11.3. The molecule has 0 spiro atoms. The molecule has 23 heavy (non-hydrogen) atoms. The van der Waals surface area contributed by atoms with Gasteiger partial charge in [-0.1, -0.05) is 6.07 Å². The summed E-state index contributed by atoms with van der Waals surface area (Å²) >= 11 is 1.76. The van der Waals surface area contributed by atoms with Crippen molar-refractivity contribution in [2.45, 2.75) is 44.2 Å². The number of hydrogen-bond acceptors (Lipinski definition) is 4. The van der Waals surface area contributed by atoms with Crippen LogP contribution in [0.4, 0.5) is 0 Å². The van der Waals surface area contributed by atoms with E-state index in [1.165, 1.54) is 24.3 Å². The van der Waals surface area contributed by atoms with Gasteiger partial charge in [0.25, 0.3) is 0 Å². The average molecular weight is 334 g/mol. The van der Waals surface area contributed by atoms with Crippen molar-refractivity contribution in [2.24, 2.45) is 11.8 Å². The van der Waals surface area contributed by atoms with Gasteiger partial charge in [0.2, 0.25) is 5.91 Å². The van der Waals surface area contributed by atoms with Crippen LogP contribution < -0.4 is 5.32 Å². The summed E-state index contributed by atoms with van der Waals surface area (Å²) in [6.45, 7) is 3.70. The first kappa shape index (κ1) is 15.6. The van der Waals surface area contributed by atoms with E-state index in [4.69, 9.17) is 4.74 Å². The molecule has 1 saturated carbocycles. The van der Waals surface area contributed by atoms with Gasteiger partial charge < -0.3 is 10.1 Å². The molecule has 1 amide bonds. The van der Waals surface area contributed by atoms with E-state index in [9.17, 15) is 4.79 Å². The third-order valence-electron chi connectivity index (χ3n) is 5.43. The number of piperidine rings is 1. The zero-order valence-corrected chi connectivity index (χ0v) is 14.4. The van der Waals surface area contributed by atoms with Crippen LogP contribution >= 0.6 is 11.3 Å². The lowest BCUT2D eigenvalue weighted by Crippen LogP contribution is -2.53. The van der Waals surface area contributed by atoms with E-state index in [1.807, 2.05) is 0 Å². The van der Waals surface area contributed by atoms with Gasteiger partial charge in [-0.2, -0.15) is 0 Å². The largest absolute Gasteiger partial charge is 0.377 e. The quantitative estimate of drug-likeness (QED) is 0.868. The lowest BCUT2D eigenvalue weighted by Gasteiger charge is -2.40. The number of carbonyl (C=O) groups is 1. The SMILES string of the molecule is O=C(NCCc1cccs1)[C@H]1C[C@@H]2OCC[C@@H]2N(CC2CC2)C1. The molecule has 0 unspecified atom stereocenters. The molecule has 4 rings (SSSR count). The number of carbonyl (C=O) groups excluding carboxylic acids is 1. The molecular formula is C18H26N2O2S. The van der Waals surface area contributed by atoms with Crippen molar-refractivity contribution >= 4 is 17.2 Å². The van der Waals surface area contributed by atoms with E-state index >= 15 is 0 Å². The minimum absolute atomic E-state index is 0.0939. The number of likely N-dealkylation sites (tertiary alicyclic amines) is 1. The van der Waals surface area contributed by atoms with Gasteiger partial charge in [0, 0.05) is 37.2 Å². The molecule has 4 nitrogen and oxygen atoms in total. The summed E-state index contributed by atoms with van der Waals surface area (Å²) in [6.07, 6.45) is 5.99. The smallest absolute Gasteiger partial charge is 0.224 e. The maximum absolute atomic E-state index is 12.6. The second-order valence-corrected chi connectivity index (χ2v) is 8.25. The van der Waals surface area contributed by atoms with Gasteiger partial charge in [-0.25, -0.2) is 0 Å². The topological polar surface area (TPSA) is 41.6 Å². The Hall–Kier alpha value is -0.910. The third kappa shape index (κ3) is 3.78. The van der Waals surface area contributed by atoms with Crippen molar-refractivity contribution in [3.63, 3.8) is 0 Å². The number of hydrogen-bond donors (Lipinski definition) is 1. The fraction of sp³-hybridized carbons (Fsp3) is 0.722. The summed E-state index contributed by atoms with van der Waals surface area (Å²) in [4.78, 5) is 16.5. The fourth-order valence-corrected chi connectivity index (χ4v) is 4.70. The van der Waals surface area contributed by atoms with Gasteiger partial charge in [-0.05, 0) is 49.5 Å². The summed E-state index contributed by atoms with van der Waals surface area (Å²) in [6, 6.07) is 4.76. The molecule has 3 aliphatic rings. The summed E-state index contributed by atoms with van der Waals surface area (Å²) in [5.41, 5.74) is 0. The maximum atomic E-state index is 12.6. The summed E-state index contributed by atoms with van der Waals surface area (Å²) in [5.74, 6) is 1.18. The number of nitrogens with zero attached hydrogens (tertiary/aromatic N) is 1. The van der Waals surface area contributed by atoms with Gasteiger partial charge in [-0.3, -0.25) is 9.69 Å². The third-order valence-corrected chi connectivity index (χ3v) is 6.36. The van der Waals surface area contributed by atoms with Crippen LogP contribution in [0, 0.1) is 11.8 Å². The zero-order valence-electron chi connectivity index (χ0n) is 13.6. The predicted octanol–water partition coefficient (Wildman–Crippen LogP) is 2.30. The van der Waals surface area contributed by atoms with E-state index in [1.54, 1.807) is 11.3 Å². The Kier molecular flexibility index (Phi) is 4.69. The van der Waals surface area contributed by atoms with E-state index in [0.717, 1.165) is 44.9 Å². The molecule has 1 aromatic heterocycles. The number of ether oxygens (including phenoxy) is 1. The van der Waals surface area contributed by atoms with Gasteiger partial charge in [-0.15, -0.1) is 11.3 Å². The number of amides is 1. The highest BCUT2D eigenvalue weighted by atomic mass is 32.1. The van der Waals surface area contributed by atoms with Gasteiger partial charge in [0.05, 0.1) is 12.0 Å². The molecule has 0 bridgehead atoms. The second-order valence-electron chi connectivity index (χ2n) is 7.22. The Morgan fingerprint density at radius 1 is 1.39 bits per heavy atom. The molecule has 1 aromatic rings. The Balaban J connectivity index is 1.30. The summed E-state index contributed by atoms with van der Waals surface area (Å²) < 4.78 is 5.91. The van der Waals surface area contributed by atoms with E-state index in [-0.39, 0.29) is 17.9 Å². The molecule has 3 fully saturated rings. The van der Waals surface area contributed by atoms with Crippen LogP contribution in [0.5, 0.6) is 0 Å². The number of rotatable bonds is 6. The Bertz CT molecular complexity index is 529. The molecule has 1 aliphatic carbocycles. The Morgan fingerprint density at radius 2 is 2.30 bits per heavy atom. The number of fused-ring (bicyclic) bond motifs is 1. The first-order valence-electron chi connectivity index (χ1n) is 8.95. The van der Waals surface area contributed by atoms with Crippen molar-refractivity contribution in [3.05, 3.63) is 22.4 Å². The van der Waals surface area contributed by atoms with Gasteiger partial charge >= 0.3 is 0 Å². The van der Waals surface area contributed by atoms with Crippen LogP contribution in [0.15, 0.2) is 17.5 Å². The molecule has 0 aromatic carbocycles. The second kappa shape index (κ2) is 6.91. The lowest BCUT2D eigenvalue weighted by atomic mass is 9.89. The average Bonchev–Trinajstić information content (AvgIpc) is 3.03.